The van der Waals surface area contributed by atoms with E-state index in [9.17, 15) is 4.79 Å². The minimum atomic E-state index is 0.194. The van der Waals surface area contributed by atoms with E-state index in [0.29, 0.717) is 18.1 Å². The summed E-state index contributed by atoms with van der Waals surface area (Å²) in [5, 5.41) is 3.79. The number of unbranched alkanes of at least 4 members (excludes halogenated alkanes) is 6. The van der Waals surface area contributed by atoms with Gasteiger partial charge in [0, 0.05) is 24.9 Å². The second-order valence-corrected chi connectivity index (χ2v) is 7.77. The van der Waals surface area contributed by atoms with Crippen molar-refractivity contribution in [3.63, 3.8) is 0 Å². The van der Waals surface area contributed by atoms with Crippen LogP contribution in [-0.2, 0) is 4.79 Å². The molecule has 1 N–H and O–H groups in total. The van der Waals surface area contributed by atoms with Crippen molar-refractivity contribution in [2.75, 3.05) is 6.54 Å². The predicted molar refractivity (Wildman–Crippen MR) is 108 cm³/mol. The van der Waals surface area contributed by atoms with Crippen LogP contribution >= 0.6 is 0 Å². The number of Topliss-reactive ketones (excluding diaryl/α,β-unsaturated/α-hetero) is 1. The Morgan fingerprint density at radius 2 is 1.42 bits per heavy atom. The third-order valence-electron chi connectivity index (χ3n) is 5.68. The summed E-state index contributed by atoms with van der Waals surface area (Å²) in [6, 6.07) is 0. The molecule has 0 saturated heterocycles. The van der Waals surface area contributed by atoms with Crippen LogP contribution < -0.4 is 5.32 Å². The first kappa shape index (κ1) is 23.6. The number of carbonyl (C=O) groups excluding carboxylic acids is 1. The molecule has 0 aromatic heterocycles. The molecule has 0 saturated carbocycles. The van der Waals surface area contributed by atoms with Crippen LogP contribution in [0.5, 0.6) is 0 Å². The highest BCUT2D eigenvalue weighted by Gasteiger charge is 2.30. The van der Waals surface area contributed by atoms with E-state index in [-0.39, 0.29) is 5.54 Å². The van der Waals surface area contributed by atoms with E-state index < -0.39 is 0 Å². The van der Waals surface area contributed by atoms with Crippen molar-refractivity contribution in [1.29, 1.82) is 0 Å². The van der Waals surface area contributed by atoms with Gasteiger partial charge in [0.1, 0.15) is 5.78 Å². The third kappa shape index (κ3) is 10.5. The lowest BCUT2D eigenvalue weighted by Crippen LogP contribution is -2.49. The van der Waals surface area contributed by atoms with Gasteiger partial charge in [0.25, 0.3) is 0 Å². The summed E-state index contributed by atoms with van der Waals surface area (Å²) >= 11 is 0. The lowest BCUT2D eigenvalue weighted by atomic mass is 9.78. The topological polar surface area (TPSA) is 29.1 Å². The summed E-state index contributed by atoms with van der Waals surface area (Å²) in [6.07, 6.45) is 15.3. The van der Waals surface area contributed by atoms with Gasteiger partial charge in [-0.1, -0.05) is 85.5 Å². The molecule has 0 fully saturated rings. The van der Waals surface area contributed by atoms with Gasteiger partial charge in [-0.3, -0.25) is 4.79 Å². The molecule has 24 heavy (non-hydrogen) atoms. The van der Waals surface area contributed by atoms with E-state index in [1.165, 1.54) is 64.2 Å². The highest BCUT2D eigenvalue weighted by atomic mass is 16.1. The Hall–Kier alpha value is -0.370. The monoisotopic (exact) mass is 339 g/mol. The Kier molecular flexibility index (Phi) is 14.7. The smallest absolute Gasteiger partial charge is 0.134 e. The molecule has 0 aliphatic rings. The van der Waals surface area contributed by atoms with E-state index in [2.05, 4.69) is 39.9 Å². The Bertz CT molecular complexity index is 298. The van der Waals surface area contributed by atoms with Gasteiger partial charge in [-0.25, -0.2) is 0 Å². The largest absolute Gasteiger partial charge is 0.311 e. The molecule has 0 aliphatic carbocycles. The van der Waals surface area contributed by atoms with E-state index in [1.54, 1.807) is 0 Å². The maximum Gasteiger partial charge on any atom is 0.134 e. The highest BCUT2D eigenvalue weighted by molar-refractivity contribution is 5.78. The summed E-state index contributed by atoms with van der Waals surface area (Å²) in [6.45, 7) is 12.3. The molecule has 1 atom stereocenters. The van der Waals surface area contributed by atoms with Crippen LogP contribution in [0.4, 0.5) is 0 Å². The minimum absolute atomic E-state index is 0.194. The number of rotatable bonds is 17. The summed E-state index contributed by atoms with van der Waals surface area (Å²) in [7, 11) is 0. The fraction of sp³-hybridized carbons (Fsp3) is 0.955. The lowest BCUT2D eigenvalue weighted by Gasteiger charge is -2.38. The molecule has 0 aromatic carbocycles. The van der Waals surface area contributed by atoms with Crippen molar-refractivity contribution < 1.29 is 4.79 Å². The molecule has 0 heterocycles. The van der Waals surface area contributed by atoms with Crippen molar-refractivity contribution in [1.82, 2.24) is 5.32 Å². The maximum absolute atomic E-state index is 12.0. The zero-order chi connectivity index (χ0) is 18.3. The standard InChI is InChI=1S/C22H45NO/c1-6-10-12-13-15-18-22(5,20(8-3)9-4)23-19-17-21(24)16-14-11-7-2/h20,23H,6-19H2,1-5H3. The van der Waals surface area contributed by atoms with Crippen LogP contribution in [0, 0.1) is 5.92 Å². The average Bonchev–Trinajstić information content (AvgIpc) is 2.56. The SMILES string of the molecule is CCCCCCCC(C)(NCCC(=O)CCCCC)C(CC)CC. The fourth-order valence-electron chi connectivity index (χ4n) is 3.91. The van der Waals surface area contributed by atoms with Crippen LogP contribution in [-0.4, -0.2) is 17.9 Å². The van der Waals surface area contributed by atoms with Gasteiger partial charge in [-0.15, -0.1) is 0 Å². The molecular formula is C22H45NO. The molecule has 0 amide bonds. The maximum atomic E-state index is 12.0. The molecule has 0 bridgehead atoms. The van der Waals surface area contributed by atoms with Gasteiger partial charge < -0.3 is 5.32 Å². The normalized spacial score (nSPS) is 14.1. The van der Waals surface area contributed by atoms with Crippen LogP contribution in [0.2, 0.25) is 0 Å². The molecule has 2 nitrogen and oxygen atoms in total. The molecule has 0 aromatic rings. The quantitative estimate of drug-likeness (QED) is 0.300. The first-order valence-electron chi connectivity index (χ1n) is 10.8. The minimum Gasteiger partial charge on any atom is -0.311 e. The molecule has 0 radical (unpaired) electrons. The summed E-state index contributed by atoms with van der Waals surface area (Å²) in [4.78, 5) is 12.0. The molecular weight excluding hydrogens is 294 g/mol. The van der Waals surface area contributed by atoms with Crippen LogP contribution in [0.25, 0.3) is 0 Å². The van der Waals surface area contributed by atoms with Gasteiger partial charge in [0.2, 0.25) is 0 Å². The Morgan fingerprint density at radius 3 is 2.00 bits per heavy atom. The Labute approximate surface area is 152 Å². The number of carbonyl (C=O) groups is 1. The summed E-state index contributed by atoms with van der Waals surface area (Å²) < 4.78 is 0. The van der Waals surface area contributed by atoms with Gasteiger partial charge in [0.15, 0.2) is 0 Å². The molecule has 0 rings (SSSR count). The van der Waals surface area contributed by atoms with Gasteiger partial charge in [0.05, 0.1) is 0 Å². The van der Waals surface area contributed by atoms with Crippen LogP contribution in [0.3, 0.4) is 0 Å². The Balaban J connectivity index is 4.31. The fourth-order valence-corrected chi connectivity index (χ4v) is 3.91. The average molecular weight is 340 g/mol. The van der Waals surface area contributed by atoms with Crippen molar-refractivity contribution in [2.45, 2.75) is 124 Å². The predicted octanol–water partition coefficient (Wildman–Crippen LogP) is 6.67. The molecule has 0 aliphatic heterocycles. The second-order valence-electron chi connectivity index (χ2n) is 7.77. The number of ketones is 1. The molecule has 1 unspecified atom stereocenters. The van der Waals surface area contributed by atoms with E-state index in [1.807, 2.05) is 0 Å². The lowest BCUT2D eigenvalue weighted by molar-refractivity contribution is -0.119. The van der Waals surface area contributed by atoms with Gasteiger partial charge in [-0.05, 0) is 25.7 Å². The zero-order valence-electron chi connectivity index (χ0n) is 17.4. The van der Waals surface area contributed by atoms with Crippen molar-refractivity contribution >= 4 is 5.78 Å². The van der Waals surface area contributed by atoms with Crippen LogP contribution in [0.15, 0.2) is 0 Å². The first-order valence-corrected chi connectivity index (χ1v) is 10.8. The molecule has 2 heteroatoms. The Morgan fingerprint density at radius 1 is 0.833 bits per heavy atom. The highest BCUT2D eigenvalue weighted by Crippen LogP contribution is 2.29. The first-order chi connectivity index (χ1) is 11.5. The summed E-state index contributed by atoms with van der Waals surface area (Å²) in [5.74, 6) is 1.14. The van der Waals surface area contributed by atoms with Crippen LogP contribution in [0.1, 0.15) is 118 Å². The zero-order valence-corrected chi connectivity index (χ0v) is 17.4. The van der Waals surface area contributed by atoms with Gasteiger partial charge in [-0.2, -0.15) is 0 Å². The van der Waals surface area contributed by atoms with E-state index in [0.717, 1.165) is 19.4 Å². The van der Waals surface area contributed by atoms with Gasteiger partial charge >= 0.3 is 0 Å². The van der Waals surface area contributed by atoms with Crippen molar-refractivity contribution in [3.8, 4) is 0 Å². The van der Waals surface area contributed by atoms with Crippen molar-refractivity contribution in [2.24, 2.45) is 5.92 Å². The number of hydrogen-bond donors (Lipinski definition) is 1. The molecule has 144 valence electrons. The second kappa shape index (κ2) is 14.9. The molecule has 0 spiro atoms. The summed E-state index contributed by atoms with van der Waals surface area (Å²) in [5.41, 5.74) is 0.194. The third-order valence-corrected chi connectivity index (χ3v) is 5.68. The number of hydrogen-bond acceptors (Lipinski definition) is 2. The number of nitrogens with one attached hydrogen (secondary N) is 1. The van der Waals surface area contributed by atoms with E-state index >= 15 is 0 Å². The van der Waals surface area contributed by atoms with E-state index in [4.69, 9.17) is 0 Å². The van der Waals surface area contributed by atoms with Crippen molar-refractivity contribution in [3.05, 3.63) is 0 Å².